The van der Waals surface area contributed by atoms with Gasteiger partial charge in [0.25, 0.3) is 17.7 Å². The van der Waals surface area contributed by atoms with Gasteiger partial charge in [0.2, 0.25) is 0 Å². The highest BCUT2D eigenvalue weighted by molar-refractivity contribution is 6.22. The standard InChI is InChI=1S/C18H20N2O3/c1-12(2)16(21)19(13-8-4-3-5-9-13)20-17(22)14-10-6-7-11-15(14)18(20)23/h6-7,10-11,13H,1,3-5,8-9H2,2H3. The highest BCUT2D eigenvalue weighted by Crippen LogP contribution is 2.30. The van der Waals surface area contributed by atoms with Crippen LogP contribution < -0.4 is 0 Å². The molecule has 1 heterocycles. The maximum atomic E-state index is 12.7. The number of fused-ring (bicyclic) bond motifs is 1. The summed E-state index contributed by atoms with van der Waals surface area (Å²) in [7, 11) is 0. The van der Waals surface area contributed by atoms with Gasteiger partial charge in [-0.15, -0.1) is 0 Å². The molecule has 23 heavy (non-hydrogen) atoms. The molecule has 5 heteroatoms. The predicted octanol–water partition coefficient (Wildman–Crippen LogP) is 2.94. The Kier molecular flexibility index (Phi) is 4.03. The first-order valence-corrected chi connectivity index (χ1v) is 7.99. The molecule has 0 atom stereocenters. The third kappa shape index (κ3) is 2.56. The highest BCUT2D eigenvalue weighted by atomic mass is 16.2. The number of hydrazine groups is 1. The lowest BCUT2D eigenvalue weighted by Crippen LogP contribution is -2.55. The van der Waals surface area contributed by atoms with Crippen molar-refractivity contribution in [2.24, 2.45) is 0 Å². The monoisotopic (exact) mass is 312 g/mol. The number of hydrogen-bond acceptors (Lipinski definition) is 3. The van der Waals surface area contributed by atoms with E-state index in [0.29, 0.717) is 16.7 Å². The second kappa shape index (κ2) is 5.99. The first-order chi connectivity index (χ1) is 11.0. The van der Waals surface area contributed by atoms with Crippen LogP contribution >= 0.6 is 0 Å². The third-order valence-corrected chi connectivity index (χ3v) is 4.48. The van der Waals surface area contributed by atoms with E-state index in [2.05, 4.69) is 6.58 Å². The minimum atomic E-state index is -0.425. The minimum absolute atomic E-state index is 0.129. The summed E-state index contributed by atoms with van der Waals surface area (Å²) >= 11 is 0. The van der Waals surface area contributed by atoms with Gasteiger partial charge in [-0.25, -0.2) is 5.01 Å². The molecule has 120 valence electrons. The molecule has 0 unspecified atom stereocenters. The molecule has 0 saturated heterocycles. The lowest BCUT2D eigenvalue weighted by molar-refractivity contribution is -0.142. The van der Waals surface area contributed by atoms with Crippen molar-refractivity contribution in [3.8, 4) is 0 Å². The fraction of sp³-hybridized carbons (Fsp3) is 0.389. The van der Waals surface area contributed by atoms with Crippen molar-refractivity contribution in [1.29, 1.82) is 0 Å². The van der Waals surface area contributed by atoms with Crippen molar-refractivity contribution in [2.45, 2.75) is 45.1 Å². The fourth-order valence-electron chi connectivity index (χ4n) is 3.31. The van der Waals surface area contributed by atoms with Crippen LogP contribution in [0.25, 0.3) is 0 Å². The van der Waals surface area contributed by atoms with Crippen LogP contribution in [0.5, 0.6) is 0 Å². The van der Waals surface area contributed by atoms with Crippen LogP contribution in [0.2, 0.25) is 0 Å². The van der Waals surface area contributed by atoms with Gasteiger partial charge in [0, 0.05) is 5.57 Å². The molecular formula is C18H20N2O3. The van der Waals surface area contributed by atoms with Gasteiger partial charge < -0.3 is 0 Å². The Hall–Kier alpha value is -2.43. The number of rotatable bonds is 3. The van der Waals surface area contributed by atoms with E-state index in [9.17, 15) is 14.4 Å². The van der Waals surface area contributed by atoms with Gasteiger partial charge in [-0.1, -0.05) is 38.0 Å². The summed E-state index contributed by atoms with van der Waals surface area (Å²) in [4.78, 5) is 38.1. The molecule has 3 rings (SSSR count). The van der Waals surface area contributed by atoms with E-state index < -0.39 is 11.8 Å². The molecule has 1 saturated carbocycles. The van der Waals surface area contributed by atoms with Crippen molar-refractivity contribution in [2.75, 3.05) is 0 Å². The van der Waals surface area contributed by atoms with E-state index in [-0.39, 0.29) is 11.9 Å². The number of carbonyl (C=O) groups excluding carboxylic acids is 3. The minimum Gasteiger partial charge on any atom is -0.268 e. The van der Waals surface area contributed by atoms with E-state index in [4.69, 9.17) is 0 Å². The van der Waals surface area contributed by atoms with Crippen LogP contribution in [0.3, 0.4) is 0 Å². The lowest BCUT2D eigenvalue weighted by atomic mass is 9.94. The number of amides is 3. The number of carbonyl (C=O) groups is 3. The fourth-order valence-corrected chi connectivity index (χ4v) is 3.31. The van der Waals surface area contributed by atoms with E-state index in [0.717, 1.165) is 37.1 Å². The number of nitrogens with zero attached hydrogens (tertiary/aromatic N) is 2. The highest BCUT2D eigenvalue weighted by Gasteiger charge is 2.43. The Labute approximate surface area is 135 Å². The molecule has 0 spiro atoms. The van der Waals surface area contributed by atoms with Crippen LogP contribution in [-0.4, -0.2) is 33.8 Å². The van der Waals surface area contributed by atoms with Crippen molar-refractivity contribution >= 4 is 17.7 Å². The van der Waals surface area contributed by atoms with Gasteiger partial charge in [0.15, 0.2) is 0 Å². The molecule has 0 aromatic heterocycles. The Morgan fingerprint density at radius 3 is 2.09 bits per heavy atom. The van der Waals surface area contributed by atoms with E-state index >= 15 is 0 Å². The third-order valence-electron chi connectivity index (χ3n) is 4.48. The number of hydrogen-bond donors (Lipinski definition) is 0. The number of imide groups is 1. The second-order valence-corrected chi connectivity index (χ2v) is 6.19. The largest absolute Gasteiger partial charge is 0.280 e. The van der Waals surface area contributed by atoms with Crippen LogP contribution in [-0.2, 0) is 4.79 Å². The van der Waals surface area contributed by atoms with Gasteiger partial charge in [-0.05, 0) is 31.9 Å². The van der Waals surface area contributed by atoms with E-state index in [1.54, 1.807) is 31.2 Å². The van der Waals surface area contributed by atoms with Gasteiger partial charge in [-0.2, -0.15) is 5.01 Å². The van der Waals surface area contributed by atoms with Crippen LogP contribution in [0, 0.1) is 0 Å². The first-order valence-electron chi connectivity index (χ1n) is 7.99. The summed E-state index contributed by atoms with van der Waals surface area (Å²) in [5, 5.41) is 2.38. The maximum Gasteiger partial charge on any atom is 0.280 e. The van der Waals surface area contributed by atoms with Gasteiger partial charge in [-0.3, -0.25) is 14.4 Å². The van der Waals surface area contributed by atoms with Crippen molar-refractivity contribution in [1.82, 2.24) is 10.0 Å². The number of benzene rings is 1. The van der Waals surface area contributed by atoms with Crippen molar-refractivity contribution in [3.05, 3.63) is 47.5 Å². The Morgan fingerprint density at radius 1 is 1.09 bits per heavy atom. The molecule has 5 nitrogen and oxygen atoms in total. The smallest absolute Gasteiger partial charge is 0.268 e. The summed E-state index contributed by atoms with van der Waals surface area (Å²) in [6.07, 6.45) is 4.70. The first kappa shape index (κ1) is 15.5. The van der Waals surface area contributed by atoms with Gasteiger partial charge >= 0.3 is 0 Å². The maximum absolute atomic E-state index is 12.7. The molecule has 0 bridgehead atoms. The van der Waals surface area contributed by atoms with Crippen molar-refractivity contribution < 1.29 is 14.4 Å². The summed E-state index contributed by atoms with van der Waals surface area (Å²) in [6.45, 7) is 5.31. The Bertz CT molecular complexity index is 654. The van der Waals surface area contributed by atoms with Gasteiger partial charge in [0.1, 0.15) is 0 Å². The second-order valence-electron chi connectivity index (χ2n) is 6.19. The molecule has 1 aliphatic carbocycles. The van der Waals surface area contributed by atoms with Crippen LogP contribution in [0.1, 0.15) is 59.7 Å². The molecule has 3 amide bonds. The summed E-state index contributed by atoms with van der Waals surface area (Å²) in [5.41, 5.74) is 1.03. The molecule has 1 aromatic rings. The Balaban J connectivity index is 2.00. The molecular weight excluding hydrogens is 292 g/mol. The predicted molar refractivity (Wildman–Crippen MR) is 85.5 cm³/mol. The zero-order valence-corrected chi connectivity index (χ0v) is 13.2. The average Bonchev–Trinajstić information content (AvgIpc) is 2.82. The molecule has 1 fully saturated rings. The van der Waals surface area contributed by atoms with Crippen LogP contribution in [0.4, 0.5) is 0 Å². The summed E-state index contributed by atoms with van der Waals surface area (Å²) in [6, 6.07) is 6.56. The van der Waals surface area contributed by atoms with E-state index in [1.165, 1.54) is 5.01 Å². The molecule has 0 N–H and O–H groups in total. The van der Waals surface area contributed by atoms with E-state index in [1.807, 2.05) is 0 Å². The SMILES string of the molecule is C=C(C)C(=O)N(C1CCCCC1)N1C(=O)c2ccccc2C1=O. The normalized spacial score (nSPS) is 18.0. The van der Waals surface area contributed by atoms with Crippen molar-refractivity contribution in [3.63, 3.8) is 0 Å². The molecule has 1 aromatic carbocycles. The van der Waals surface area contributed by atoms with Gasteiger partial charge in [0.05, 0.1) is 17.2 Å². The average molecular weight is 312 g/mol. The summed E-state index contributed by atoms with van der Waals surface area (Å²) in [5.74, 6) is -1.21. The van der Waals surface area contributed by atoms with Crippen LogP contribution in [0.15, 0.2) is 36.4 Å². The molecule has 2 aliphatic rings. The lowest BCUT2D eigenvalue weighted by Gasteiger charge is -2.38. The zero-order valence-electron chi connectivity index (χ0n) is 13.2. The topological polar surface area (TPSA) is 57.7 Å². The zero-order chi connectivity index (χ0) is 16.6. The summed E-state index contributed by atoms with van der Waals surface area (Å²) < 4.78 is 0. The Morgan fingerprint density at radius 2 is 1.61 bits per heavy atom. The molecule has 0 radical (unpaired) electrons. The molecule has 1 aliphatic heterocycles. The quantitative estimate of drug-likeness (QED) is 0.637.